The summed E-state index contributed by atoms with van der Waals surface area (Å²) in [5, 5.41) is 1.83. The molecule has 0 saturated carbocycles. The molecule has 0 amide bonds. The van der Waals surface area contributed by atoms with Crippen LogP contribution in [0.5, 0.6) is 0 Å². The van der Waals surface area contributed by atoms with Crippen LogP contribution in [0.3, 0.4) is 0 Å². The number of para-hydroxylation sites is 1. The molecule has 0 saturated heterocycles. The second-order valence-electron chi connectivity index (χ2n) is 2.91. The fourth-order valence-electron chi connectivity index (χ4n) is 1.41. The first-order valence-electron chi connectivity index (χ1n) is 3.81. The van der Waals surface area contributed by atoms with Gasteiger partial charge in [-0.25, -0.2) is 4.98 Å². The third-order valence-electron chi connectivity index (χ3n) is 2.12. The lowest BCUT2D eigenvalue weighted by molar-refractivity contribution is 1.54. The molecule has 3 aromatic rings. The van der Waals surface area contributed by atoms with Gasteiger partial charge in [0.05, 0.1) is 10.9 Å². The van der Waals surface area contributed by atoms with Crippen LogP contribution in [0.1, 0.15) is 0 Å². The summed E-state index contributed by atoms with van der Waals surface area (Å²) in [6.45, 7) is 0. The Kier molecular flexibility index (Phi) is 0.844. The number of rotatable bonds is 0. The molecule has 1 aromatic heterocycles. The minimum atomic E-state index is 0.103. The van der Waals surface area contributed by atoms with Crippen molar-refractivity contribution in [1.82, 2.24) is 4.98 Å². The molecule has 56 valence electrons. The van der Waals surface area contributed by atoms with E-state index in [0.29, 0.717) is 5.52 Å². The normalized spacial score (nSPS) is 11.7. The van der Waals surface area contributed by atoms with Gasteiger partial charge in [-0.15, -0.1) is 0 Å². The fourth-order valence-corrected chi connectivity index (χ4v) is 1.41. The molecule has 2 aromatic carbocycles. The van der Waals surface area contributed by atoms with Gasteiger partial charge in [0.15, 0.2) is 0 Å². The predicted octanol–water partition coefficient (Wildman–Crippen LogP) is 1.62. The molecule has 2 heteroatoms. The average Bonchev–Trinajstić information content (AvgIpc) is 2.74. The van der Waals surface area contributed by atoms with Crippen LogP contribution in [0.2, 0.25) is 0 Å². The van der Waals surface area contributed by atoms with Gasteiger partial charge < -0.3 is 0 Å². The first kappa shape index (κ1) is 5.89. The standard InChI is InChI=1S/C10H5NO/c12-10-7-5-6-3-1-2-4-8(6)11-9(7)10/h1-5H. The van der Waals surface area contributed by atoms with Crippen molar-refractivity contribution in [3.63, 3.8) is 0 Å². The molecule has 0 N–H and O–H groups in total. The highest BCUT2D eigenvalue weighted by atomic mass is 16.1. The minimum absolute atomic E-state index is 0.103. The summed E-state index contributed by atoms with van der Waals surface area (Å²) in [7, 11) is 0. The topological polar surface area (TPSA) is 30.0 Å². The Morgan fingerprint density at radius 2 is 2.00 bits per heavy atom. The molecule has 2 nitrogen and oxygen atoms in total. The van der Waals surface area contributed by atoms with Gasteiger partial charge in [-0.05, 0) is 12.1 Å². The second-order valence-corrected chi connectivity index (χ2v) is 2.91. The Labute approximate surface area is 68.1 Å². The zero-order valence-electron chi connectivity index (χ0n) is 6.24. The van der Waals surface area contributed by atoms with Crippen LogP contribution < -0.4 is 5.43 Å². The maximum absolute atomic E-state index is 11.0. The van der Waals surface area contributed by atoms with Crippen LogP contribution in [0.15, 0.2) is 35.1 Å². The number of aromatic nitrogens is 1. The number of pyridine rings is 1. The molecule has 3 rings (SSSR count). The molecule has 1 heterocycles. The van der Waals surface area contributed by atoms with Gasteiger partial charge in [0.1, 0.15) is 5.52 Å². The Morgan fingerprint density at radius 1 is 1.17 bits per heavy atom. The number of hydrogen-bond donors (Lipinski definition) is 0. The Morgan fingerprint density at radius 3 is 2.92 bits per heavy atom. The van der Waals surface area contributed by atoms with Crippen molar-refractivity contribution in [2.45, 2.75) is 0 Å². The van der Waals surface area contributed by atoms with E-state index < -0.39 is 0 Å². The van der Waals surface area contributed by atoms with Gasteiger partial charge in [0, 0.05) is 5.39 Å². The van der Waals surface area contributed by atoms with E-state index >= 15 is 0 Å². The predicted molar refractivity (Wildman–Crippen MR) is 47.9 cm³/mol. The molecule has 0 spiro atoms. The molecule has 0 aliphatic rings. The van der Waals surface area contributed by atoms with E-state index in [1.54, 1.807) is 0 Å². The van der Waals surface area contributed by atoms with Crippen LogP contribution in [0.4, 0.5) is 0 Å². The van der Waals surface area contributed by atoms with Crippen molar-refractivity contribution in [3.05, 3.63) is 40.6 Å². The van der Waals surface area contributed by atoms with Gasteiger partial charge in [-0.3, -0.25) is 4.79 Å². The molecule has 0 radical (unpaired) electrons. The molecule has 0 atom stereocenters. The van der Waals surface area contributed by atoms with Crippen LogP contribution in [0, 0.1) is 0 Å². The number of hydrogen-bond acceptors (Lipinski definition) is 2. The maximum atomic E-state index is 11.0. The molecule has 0 aliphatic heterocycles. The number of benzene rings is 1. The molecule has 0 aliphatic carbocycles. The van der Waals surface area contributed by atoms with Crippen molar-refractivity contribution in [3.8, 4) is 0 Å². The van der Waals surface area contributed by atoms with Crippen molar-refractivity contribution < 1.29 is 0 Å². The smallest absolute Gasteiger partial charge is 0.214 e. The van der Waals surface area contributed by atoms with E-state index in [9.17, 15) is 4.79 Å². The highest BCUT2D eigenvalue weighted by Crippen LogP contribution is 2.19. The highest BCUT2D eigenvalue weighted by Gasteiger charge is 2.13. The average molecular weight is 155 g/mol. The lowest BCUT2D eigenvalue weighted by Gasteiger charge is -1.90. The summed E-state index contributed by atoms with van der Waals surface area (Å²) >= 11 is 0. The molecule has 0 fully saturated rings. The SMILES string of the molecule is O=c1c2cc3ccccc3nc12. The second kappa shape index (κ2) is 1.72. The highest BCUT2D eigenvalue weighted by molar-refractivity contribution is 6.01. The monoisotopic (exact) mass is 155 g/mol. The summed E-state index contributed by atoms with van der Waals surface area (Å²) < 4.78 is 0. The third kappa shape index (κ3) is 0.593. The Bertz CT molecular complexity index is 537. The Balaban J connectivity index is 2.60. The van der Waals surface area contributed by atoms with Gasteiger partial charge in [-0.1, -0.05) is 18.2 Å². The van der Waals surface area contributed by atoms with Gasteiger partial charge in [-0.2, -0.15) is 0 Å². The van der Waals surface area contributed by atoms with E-state index in [1.807, 2.05) is 30.3 Å². The summed E-state index contributed by atoms with van der Waals surface area (Å²) in [4.78, 5) is 15.2. The summed E-state index contributed by atoms with van der Waals surface area (Å²) in [6, 6.07) is 9.66. The van der Waals surface area contributed by atoms with E-state index in [2.05, 4.69) is 4.98 Å². The largest absolute Gasteiger partial charge is 0.287 e. The molecular weight excluding hydrogens is 150 g/mol. The quantitative estimate of drug-likeness (QED) is 0.493. The van der Waals surface area contributed by atoms with E-state index in [1.165, 1.54) is 0 Å². The van der Waals surface area contributed by atoms with E-state index in [0.717, 1.165) is 16.3 Å². The molecule has 0 unspecified atom stereocenters. The van der Waals surface area contributed by atoms with Crippen LogP contribution in [-0.2, 0) is 0 Å². The van der Waals surface area contributed by atoms with Crippen LogP contribution in [0.25, 0.3) is 21.8 Å². The fraction of sp³-hybridized carbons (Fsp3) is 0. The third-order valence-corrected chi connectivity index (χ3v) is 2.12. The van der Waals surface area contributed by atoms with Crippen molar-refractivity contribution in [2.75, 3.05) is 0 Å². The van der Waals surface area contributed by atoms with E-state index in [-0.39, 0.29) is 5.43 Å². The van der Waals surface area contributed by atoms with Crippen molar-refractivity contribution in [1.29, 1.82) is 0 Å². The maximum Gasteiger partial charge on any atom is 0.214 e. The molecular formula is C10H5NO. The minimum Gasteiger partial charge on any atom is -0.287 e. The van der Waals surface area contributed by atoms with Gasteiger partial charge in [0.25, 0.3) is 0 Å². The number of fused-ring (bicyclic) bond motifs is 2. The summed E-state index contributed by atoms with van der Waals surface area (Å²) in [5.41, 5.74) is 1.65. The zero-order valence-corrected chi connectivity index (χ0v) is 6.24. The first-order chi connectivity index (χ1) is 5.86. The molecule has 0 bridgehead atoms. The summed E-state index contributed by atoms with van der Waals surface area (Å²) in [5.74, 6) is 0. The Hall–Kier alpha value is -1.70. The van der Waals surface area contributed by atoms with Crippen LogP contribution in [-0.4, -0.2) is 4.98 Å². The van der Waals surface area contributed by atoms with Crippen LogP contribution >= 0.6 is 0 Å². The lowest BCUT2D eigenvalue weighted by atomic mass is 10.2. The van der Waals surface area contributed by atoms with Gasteiger partial charge >= 0.3 is 0 Å². The van der Waals surface area contributed by atoms with Crippen molar-refractivity contribution in [2.24, 2.45) is 0 Å². The molecule has 12 heavy (non-hydrogen) atoms. The van der Waals surface area contributed by atoms with Gasteiger partial charge in [0.2, 0.25) is 5.43 Å². The van der Waals surface area contributed by atoms with E-state index in [4.69, 9.17) is 0 Å². The number of nitrogens with zero attached hydrogens (tertiary/aromatic N) is 1. The lowest BCUT2D eigenvalue weighted by Crippen LogP contribution is -1.73. The van der Waals surface area contributed by atoms with Crippen molar-refractivity contribution >= 4 is 21.8 Å². The zero-order chi connectivity index (χ0) is 8.13. The summed E-state index contributed by atoms with van der Waals surface area (Å²) in [6.07, 6.45) is 0. The first-order valence-corrected chi connectivity index (χ1v) is 3.81.